The topological polar surface area (TPSA) is 59.6 Å². The first-order valence-electron chi connectivity index (χ1n) is 8.41. The molecule has 1 fully saturated rings. The Labute approximate surface area is 159 Å². The van der Waals surface area contributed by atoms with Gasteiger partial charge in [0.2, 0.25) is 0 Å². The van der Waals surface area contributed by atoms with Crippen molar-refractivity contribution in [1.29, 1.82) is 0 Å². The van der Waals surface area contributed by atoms with E-state index in [1.54, 1.807) is 33.1 Å². The summed E-state index contributed by atoms with van der Waals surface area (Å²) in [4.78, 5) is 12.5. The van der Waals surface area contributed by atoms with Crippen LogP contribution < -0.4 is 15.4 Å². The van der Waals surface area contributed by atoms with Crippen molar-refractivity contribution in [3.63, 3.8) is 0 Å². The first-order valence-corrected chi connectivity index (χ1v) is 8.41. The van der Waals surface area contributed by atoms with Gasteiger partial charge in [-0.3, -0.25) is 4.79 Å². The molecule has 1 aliphatic heterocycles. The van der Waals surface area contributed by atoms with E-state index in [2.05, 4.69) is 15.4 Å². The normalized spacial score (nSPS) is 16.1. The number of amides is 1. The lowest BCUT2D eigenvalue weighted by molar-refractivity contribution is -0.0507. The quantitative estimate of drug-likeness (QED) is 0.748. The van der Waals surface area contributed by atoms with Crippen LogP contribution in [0.2, 0.25) is 0 Å². The maximum atomic E-state index is 12.5. The summed E-state index contributed by atoms with van der Waals surface area (Å²) in [6.07, 6.45) is 1.86. The van der Waals surface area contributed by atoms with Gasteiger partial charge in [-0.2, -0.15) is 8.78 Å². The van der Waals surface area contributed by atoms with Gasteiger partial charge >= 0.3 is 6.61 Å². The van der Waals surface area contributed by atoms with Crippen LogP contribution in [0.4, 0.5) is 8.78 Å². The molecule has 0 aliphatic carbocycles. The van der Waals surface area contributed by atoms with E-state index in [1.165, 1.54) is 0 Å². The third-order valence-corrected chi connectivity index (χ3v) is 4.67. The van der Waals surface area contributed by atoms with E-state index in [1.807, 2.05) is 0 Å². The van der Waals surface area contributed by atoms with E-state index in [-0.39, 0.29) is 29.5 Å². The van der Waals surface area contributed by atoms with Crippen molar-refractivity contribution < 1.29 is 23.0 Å². The minimum absolute atomic E-state index is 0. The third kappa shape index (κ3) is 5.79. The highest BCUT2D eigenvalue weighted by atomic mass is 35.5. The average molecular weight is 393 g/mol. The molecule has 1 heterocycles. The molecule has 148 valence electrons. The van der Waals surface area contributed by atoms with E-state index in [0.717, 1.165) is 25.9 Å². The molecule has 2 rings (SSSR count). The van der Waals surface area contributed by atoms with Crippen LogP contribution in [-0.2, 0) is 4.74 Å². The Morgan fingerprint density at radius 2 is 1.85 bits per heavy atom. The van der Waals surface area contributed by atoms with Crippen molar-refractivity contribution >= 4 is 18.3 Å². The molecule has 8 heteroatoms. The lowest BCUT2D eigenvalue weighted by Gasteiger charge is -2.37. The van der Waals surface area contributed by atoms with E-state index in [4.69, 9.17) is 4.74 Å². The molecular weight excluding hydrogens is 366 g/mol. The molecule has 1 amide bonds. The predicted molar refractivity (Wildman–Crippen MR) is 98.5 cm³/mol. The summed E-state index contributed by atoms with van der Waals surface area (Å²) in [7, 11) is 1.67. The summed E-state index contributed by atoms with van der Waals surface area (Å²) >= 11 is 0. The molecular formula is C18H27ClF2N2O3. The molecule has 0 bridgehead atoms. The molecule has 1 aromatic carbocycles. The fourth-order valence-electron chi connectivity index (χ4n) is 3.36. The maximum absolute atomic E-state index is 12.5. The van der Waals surface area contributed by atoms with Crippen molar-refractivity contribution in [2.75, 3.05) is 33.4 Å². The van der Waals surface area contributed by atoms with Gasteiger partial charge < -0.3 is 20.1 Å². The number of benzene rings is 1. The zero-order valence-electron chi connectivity index (χ0n) is 15.4. The summed E-state index contributed by atoms with van der Waals surface area (Å²) in [6.45, 7) is 3.34. The van der Waals surface area contributed by atoms with Gasteiger partial charge in [0, 0.05) is 24.6 Å². The number of carbonyl (C=O) groups excluding carboxylic acids is 1. The molecule has 1 aromatic rings. The van der Waals surface area contributed by atoms with E-state index in [0.29, 0.717) is 29.8 Å². The number of methoxy groups -OCH3 is 1. The molecule has 2 N–H and O–H groups in total. The van der Waals surface area contributed by atoms with Crippen molar-refractivity contribution in [3.8, 4) is 5.75 Å². The van der Waals surface area contributed by atoms with Gasteiger partial charge in [-0.15, -0.1) is 12.4 Å². The second-order valence-electron chi connectivity index (χ2n) is 6.68. The Morgan fingerprint density at radius 1 is 1.27 bits per heavy atom. The summed E-state index contributed by atoms with van der Waals surface area (Å²) in [5, 5.41) is 6.28. The summed E-state index contributed by atoms with van der Waals surface area (Å²) < 4.78 is 34.8. The van der Waals surface area contributed by atoms with Gasteiger partial charge in [0.1, 0.15) is 5.75 Å². The Hall–Kier alpha value is -1.44. The number of aryl methyl sites for hydroxylation is 2. The van der Waals surface area contributed by atoms with Crippen LogP contribution >= 0.6 is 12.4 Å². The van der Waals surface area contributed by atoms with Gasteiger partial charge in [0.15, 0.2) is 0 Å². The molecule has 1 aliphatic rings. The number of nitrogens with one attached hydrogen (secondary N) is 2. The zero-order chi connectivity index (χ0) is 18.4. The number of rotatable bonds is 7. The van der Waals surface area contributed by atoms with Crippen LogP contribution in [0.15, 0.2) is 12.1 Å². The fourth-order valence-corrected chi connectivity index (χ4v) is 3.36. The zero-order valence-corrected chi connectivity index (χ0v) is 16.2. The molecule has 0 atom stereocenters. The number of hydrogen-bond acceptors (Lipinski definition) is 4. The monoisotopic (exact) mass is 392 g/mol. The van der Waals surface area contributed by atoms with Gasteiger partial charge in [-0.05, 0) is 63.0 Å². The summed E-state index contributed by atoms with van der Waals surface area (Å²) in [6, 6.07) is 3.15. The van der Waals surface area contributed by atoms with Crippen LogP contribution in [0.1, 0.15) is 34.3 Å². The second-order valence-corrected chi connectivity index (χ2v) is 6.68. The fraction of sp³-hybridized carbons (Fsp3) is 0.611. The highest BCUT2D eigenvalue weighted by Crippen LogP contribution is 2.29. The first kappa shape index (κ1) is 22.6. The first-order chi connectivity index (χ1) is 11.9. The van der Waals surface area contributed by atoms with Crippen LogP contribution in [0.5, 0.6) is 5.75 Å². The van der Waals surface area contributed by atoms with E-state index in [9.17, 15) is 13.6 Å². The molecule has 26 heavy (non-hydrogen) atoms. The second kappa shape index (κ2) is 10.0. The molecule has 0 aromatic heterocycles. The van der Waals surface area contributed by atoms with Crippen molar-refractivity contribution in [1.82, 2.24) is 10.6 Å². The number of halogens is 3. The highest BCUT2D eigenvalue weighted by molar-refractivity contribution is 5.95. The van der Waals surface area contributed by atoms with E-state index >= 15 is 0 Å². The smallest absolute Gasteiger partial charge is 0.387 e. The van der Waals surface area contributed by atoms with Gasteiger partial charge in [-0.1, -0.05) is 0 Å². The Bertz CT molecular complexity index is 580. The van der Waals surface area contributed by atoms with Crippen LogP contribution in [-0.4, -0.2) is 45.9 Å². The van der Waals surface area contributed by atoms with Crippen LogP contribution in [0.3, 0.4) is 0 Å². The average Bonchev–Trinajstić information content (AvgIpc) is 2.57. The Morgan fingerprint density at radius 3 is 2.35 bits per heavy atom. The van der Waals surface area contributed by atoms with E-state index < -0.39 is 6.61 Å². The van der Waals surface area contributed by atoms with Crippen molar-refractivity contribution in [3.05, 3.63) is 28.8 Å². The minimum atomic E-state index is -2.88. The molecule has 0 unspecified atom stereocenters. The van der Waals surface area contributed by atoms with Gasteiger partial charge in [0.05, 0.1) is 6.61 Å². The van der Waals surface area contributed by atoms with Crippen molar-refractivity contribution in [2.24, 2.45) is 5.41 Å². The van der Waals surface area contributed by atoms with Crippen LogP contribution in [0.25, 0.3) is 0 Å². The number of piperidine rings is 1. The largest absolute Gasteiger partial charge is 0.434 e. The lowest BCUT2D eigenvalue weighted by Crippen LogP contribution is -2.47. The molecule has 0 radical (unpaired) electrons. The number of carbonyl (C=O) groups is 1. The summed E-state index contributed by atoms with van der Waals surface area (Å²) in [5.74, 6) is -0.0930. The number of hydrogen-bond donors (Lipinski definition) is 2. The van der Waals surface area contributed by atoms with Crippen molar-refractivity contribution in [2.45, 2.75) is 33.3 Å². The molecule has 5 nitrogen and oxygen atoms in total. The Balaban J connectivity index is 0.00000338. The number of ether oxygens (including phenoxy) is 2. The standard InChI is InChI=1S/C18H26F2N2O3.ClH/c1-12-8-14(9-13(2)15(12)25-17(19)20)16(23)22-10-18(11-24-3)4-6-21-7-5-18;/h8-9,17,21H,4-7,10-11H2,1-3H3,(H,22,23);1H. The summed E-state index contributed by atoms with van der Waals surface area (Å²) in [5.41, 5.74) is 1.40. The maximum Gasteiger partial charge on any atom is 0.387 e. The molecule has 0 spiro atoms. The van der Waals surface area contributed by atoms with Gasteiger partial charge in [0.25, 0.3) is 5.91 Å². The minimum Gasteiger partial charge on any atom is -0.434 e. The SMILES string of the molecule is COCC1(CNC(=O)c2cc(C)c(OC(F)F)c(C)c2)CCNCC1.Cl. The van der Waals surface area contributed by atoms with Gasteiger partial charge in [-0.25, -0.2) is 0 Å². The molecule has 1 saturated heterocycles. The Kier molecular flexibility index (Phi) is 8.73. The van der Waals surface area contributed by atoms with Crippen LogP contribution in [0, 0.1) is 19.3 Å². The number of alkyl halides is 2. The highest BCUT2D eigenvalue weighted by Gasteiger charge is 2.32. The lowest BCUT2D eigenvalue weighted by atomic mass is 9.79. The molecule has 0 saturated carbocycles. The third-order valence-electron chi connectivity index (χ3n) is 4.67. The predicted octanol–water partition coefficient (Wildman–Crippen LogP) is 3.07.